The van der Waals surface area contributed by atoms with E-state index in [1.165, 1.54) is 49.9 Å². The van der Waals surface area contributed by atoms with Crippen LogP contribution in [0.25, 0.3) is 5.57 Å². The molecule has 1 aromatic rings. The summed E-state index contributed by atoms with van der Waals surface area (Å²) < 4.78 is 5.23. The quantitative estimate of drug-likeness (QED) is 0.790. The molecule has 2 nitrogen and oxygen atoms in total. The number of fused-ring (bicyclic) bond motifs is 1. The maximum absolute atomic E-state index is 5.23. The first-order valence-corrected chi connectivity index (χ1v) is 6.97. The summed E-state index contributed by atoms with van der Waals surface area (Å²) in [6.07, 6.45) is 7.69. The minimum Gasteiger partial charge on any atom is -0.497 e. The Morgan fingerprint density at radius 2 is 1.94 bits per heavy atom. The van der Waals surface area contributed by atoms with Crippen LogP contribution in [0.5, 0.6) is 5.75 Å². The summed E-state index contributed by atoms with van der Waals surface area (Å²) in [6.45, 7) is 2.52. The third-order valence-electron chi connectivity index (χ3n) is 4.18. The van der Waals surface area contributed by atoms with E-state index in [-0.39, 0.29) is 0 Å². The number of ether oxygens (including phenoxy) is 1. The van der Waals surface area contributed by atoms with Gasteiger partial charge in [-0.3, -0.25) is 4.90 Å². The summed E-state index contributed by atoms with van der Waals surface area (Å²) >= 11 is 0. The Kier molecular flexibility index (Phi) is 3.37. The molecule has 1 unspecified atom stereocenters. The molecule has 1 atom stereocenters. The zero-order valence-electron chi connectivity index (χ0n) is 11.1. The molecule has 0 bridgehead atoms. The lowest BCUT2D eigenvalue weighted by molar-refractivity contribution is 0.182. The minimum atomic E-state index is 0.654. The lowest BCUT2D eigenvalue weighted by atomic mass is 9.87. The first kappa shape index (κ1) is 11.8. The molecule has 2 heterocycles. The normalized spacial score (nSPS) is 24.3. The molecule has 2 aliphatic rings. The number of nitrogens with zero attached hydrogens (tertiary/aromatic N) is 1. The van der Waals surface area contributed by atoms with Gasteiger partial charge in [0.25, 0.3) is 0 Å². The van der Waals surface area contributed by atoms with Crippen LogP contribution in [0.15, 0.2) is 30.3 Å². The van der Waals surface area contributed by atoms with E-state index in [0.29, 0.717) is 6.04 Å². The summed E-state index contributed by atoms with van der Waals surface area (Å²) in [5.74, 6) is 0.940. The van der Waals surface area contributed by atoms with Crippen molar-refractivity contribution in [2.45, 2.75) is 31.7 Å². The number of methoxy groups -OCH3 is 1. The van der Waals surface area contributed by atoms with Crippen molar-refractivity contribution in [1.29, 1.82) is 0 Å². The van der Waals surface area contributed by atoms with E-state index < -0.39 is 0 Å². The molecular weight excluding hydrogens is 222 g/mol. The van der Waals surface area contributed by atoms with Crippen LogP contribution < -0.4 is 4.74 Å². The van der Waals surface area contributed by atoms with Crippen molar-refractivity contribution in [3.8, 4) is 5.75 Å². The molecule has 1 saturated heterocycles. The Hall–Kier alpha value is -1.28. The van der Waals surface area contributed by atoms with Gasteiger partial charge in [-0.15, -0.1) is 0 Å². The van der Waals surface area contributed by atoms with Crippen LogP contribution in [0, 0.1) is 0 Å². The summed E-state index contributed by atoms with van der Waals surface area (Å²) in [5, 5.41) is 0. The van der Waals surface area contributed by atoms with Gasteiger partial charge in [-0.25, -0.2) is 0 Å². The molecule has 3 rings (SSSR count). The predicted octanol–water partition coefficient (Wildman–Crippen LogP) is 3.34. The molecule has 2 aliphatic heterocycles. The van der Waals surface area contributed by atoms with Crippen molar-refractivity contribution < 1.29 is 4.74 Å². The van der Waals surface area contributed by atoms with Gasteiger partial charge in [-0.1, -0.05) is 24.6 Å². The van der Waals surface area contributed by atoms with Gasteiger partial charge in [-0.2, -0.15) is 0 Å². The SMILES string of the molecule is COc1ccc(C2=CCCN3CCCCC23)cc1. The van der Waals surface area contributed by atoms with Gasteiger partial charge in [0.2, 0.25) is 0 Å². The fourth-order valence-corrected chi connectivity index (χ4v) is 3.23. The van der Waals surface area contributed by atoms with Gasteiger partial charge in [0.1, 0.15) is 5.75 Å². The van der Waals surface area contributed by atoms with Crippen LogP contribution in [-0.4, -0.2) is 31.1 Å². The molecule has 0 amide bonds. The van der Waals surface area contributed by atoms with Crippen molar-refractivity contribution in [3.63, 3.8) is 0 Å². The van der Waals surface area contributed by atoms with Gasteiger partial charge in [0.05, 0.1) is 7.11 Å². The molecule has 0 radical (unpaired) electrons. The Morgan fingerprint density at radius 1 is 1.11 bits per heavy atom. The third-order valence-corrected chi connectivity index (χ3v) is 4.18. The summed E-state index contributed by atoms with van der Waals surface area (Å²) in [6, 6.07) is 9.18. The Labute approximate surface area is 109 Å². The van der Waals surface area contributed by atoms with Gasteiger partial charge in [0, 0.05) is 12.6 Å². The molecular formula is C16H21NO. The maximum Gasteiger partial charge on any atom is 0.118 e. The summed E-state index contributed by atoms with van der Waals surface area (Å²) in [4.78, 5) is 2.66. The van der Waals surface area contributed by atoms with Crippen molar-refractivity contribution in [1.82, 2.24) is 4.90 Å². The molecule has 2 heteroatoms. The topological polar surface area (TPSA) is 12.5 Å². The highest BCUT2D eigenvalue weighted by atomic mass is 16.5. The molecule has 1 aromatic carbocycles. The highest BCUT2D eigenvalue weighted by Gasteiger charge is 2.28. The smallest absolute Gasteiger partial charge is 0.118 e. The van der Waals surface area contributed by atoms with Crippen LogP contribution in [0.2, 0.25) is 0 Å². The van der Waals surface area contributed by atoms with Crippen LogP contribution in [-0.2, 0) is 0 Å². The molecule has 1 fully saturated rings. The lowest BCUT2D eigenvalue weighted by Gasteiger charge is -2.40. The Balaban J connectivity index is 1.87. The monoisotopic (exact) mass is 243 g/mol. The number of hydrogen-bond donors (Lipinski definition) is 0. The highest BCUT2D eigenvalue weighted by molar-refractivity contribution is 5.71. The molecule has 18 heavy (non-hydrogen) atoms. The van der Waals surface area contributed by atoms with Crippen LogP contribution in [0.3, 0.4) is 0 Å². The average molecular weight is 243 g/mol. The molecule has 0 spiro atoms. The highest BCUT2D eigenvalue weighted by Crippen LogP contribution is 2.33. The van der Waals surface area contributed by atoms with Crippen molar-refractivity contribution in [3.05, 3.63) is 35.9 Å². The zero-order chi connectivity index (χ0) is 12.4. The van der Waals surface area contributed by atoms with Gasteiger partial charge < -0.3 is 4.74 Å². The number of rotatable bonds is 2. The molecule has 96 valence electrons. The second-order valence-electron chi connectivity index (χ2n) is 5.22. The van der Waals surface area contributed by atoms with E-state index in [4.69, 9.17) is 4.74 Å². The standard InChI is InChI=1S/C16H21NO/c1-18-14-9-7-13(8-10-14)15-5-4-12-17-11-3-2-6-16(15)17/h5,7-10,16H,2-4,6,11-12H2,1H3. The van der Waals surface area contributed by atoms with Crippen LogP contribution >= 0.6 is 0 Å². The van der Waals surface area contributed by atoms with Crippen molar-refractivity contribution >= 4 is 5.57 Å². The lowest BCUT2D eigenvalue weighted by Crippen LogP contribution is -2.42. The van der Waals surface area contributed by atoms with Gasteiger partial charge >= 0.3 is 0 Å². The minimum absolute atomic E-state index is 0.654. The largest absolute Gasteiger partial charge is 0.497 e. The third kappa shape index (κ3) is 2.17. The summed E-state index contributed by atoms with van der Waals surface area (Å²) in [7, 11) is 1.72. The number of benzene rings is 1. The van der Waals surface area contributed by atoms with E-state index in [9.17, 15) is 0 Å². The Morgan fingerprint density at radius 3 is 2.72 bits per heavy atom. The first-order chi connectivity index (χ1) is 8.88. The van der Waals surface area contributed by atoms with E-state index >= 15 is 0 Å². The second-order valence-corrected chi connectivity index (χ2v) is 5.22. The fourth-order valence-electron chi connectivity index (χ4n) is 3.23. The predicted molar refractivity (Wildman–Crippen MR) is 74.8 cm³/mol. The summed E-state index contributed by atoms with van der Waals surface area (Å²) in [5.41, 5.74) is 2.90. The number of piperidine rings is 1. The second kappa shape index (κ2) is 5.15. The molecule has 0 saturated carbocycles. The average Bonchev–Trinajstić information content (AvgIpc) is 2.47. The van der Waals surface area contributed by atoms with Crippen LogP contribution in [0.1, 0.15) is 31.2 Å². The first-order valence-electron chi connectivity index (χ1n) is 6.97. The van der Waals surface area contributed by atoms with Gasteiger partial charge in [-0.05, 0) is 49.1 Å². The maximum atomic E-state index is 5.23. The fraction of sp³-hybridized carbons (Fsp3) is 0.500. The molecule has 0 aromatic heterocycles. The van der Waals surface area contributed by atoms with Crippen LogP contribution in [0.4, 0.5) is 0 Å². The Bertz CT molecular complexity index is 435. The van der Waals surface area contributed by atoms with Crippen molar-refractivity contribution in [2.75, 3.05) is 20.2 Å². The van der Waals surface area contributed by atoms with E-state index in [1.54, 1.807) is 7.11 Å². The number of hydrogen-bond acceptors (Lipinski definition) is 2. The molecule has 0 aliphatic carbocycles. The van der Waals surface area contributed by atoms with E-state index in [2.05, 4.69) is 35.2 Å². The van der Waals surface area contributed by atoms with E-state index in [1.807, 2.05) is 0 Å². The van der Waals surface area contributed by atoms with Gasteiger partial charge in [0.15, 0.2) is 0 Å². The van der Waals surface area contributed by atoms with E-state index in [0.717, 1.165) is 5.75 Å². The van der Waals surface area contributed by atoms with Crippen molar-refractivity contribution in [2.24, 2.45) is 0 Å². The molecule has 0 N–H and O–H groups in total. The zero-order valence-corrected chi connectivity index (χ0v) is 11.1.